The molecule has 1 fully saturated rings. The van der Waals surface area contributed by atoms with Gasteiger partial charge in [-0.05, 0) is 38.3 Å². The fourth-order valence-corrected chi connectivity index (χ4v) is 2.97. The highest BCUT2D eigenvalue weighted by molar-refractivity contribution is 5.46. The molecule has 0 saturated carbocycles. The lowest BCUT2D eigenvalue weighted by Crippen LogP contribution is -2.47. The third-order valence-electron chi connectivity index (χ3n) is 4.18. The second kappa shape index (κ2) is 7.09. The third kappa shape index (κ3) is 4.50. The topological polar surface area (TPSA) is 35.5 Å². The van der Waals surface area contributed by atoms with E-state index < -0.39 is 5.60 Å². The van der Waals surface area contributed by atoms with Crippen molar-refractivity contribution in [2.75, 3.05) is 24.5 Å². The minimum Gasteiger partial charge on any atom is -0.389 e. The van der Waals surface area contributed by atoms with Crippen LogP contribution in [-0.4, -0.2) is 36.4 Å². The van der Waals surface area contributed by atoms with Crippen LogP contribution in [0.15, 0.2) is 30.3 Å². The lowest BCUT2D eigenvalue weighted by Gasteiger charge is -2.35. The zero-order valence-electron chi connectivity index (χ0n) is 12.8. The summed E-state index contributed by atoms with van der Waals surface area (Å²) in [4.78, 5) is 2.45. The number of aliphatic hydroxyl groups is 1. The van der Waals surface area contributed by atoms with Gasteiger partial charge < -0.3 is 15.3 Å². The van der Waals surface area contributed by atoms with Crippen molar-refractivity contribution < 1.29 is 5.11 Å². The van der Waals surface area contributed by atoms with Gasteiger partial charge in [-0.25, -0.2) is 0 Å². The Morgan fingerprint density at radius 3 is 2.50 bits per heavy atom. The smallest absolute Gasteiger partial charge is 0.0743 e. The molecule has 1 aliphatic heterocycles. The van der Waals surface area contributed by atoms with Crippen molar-refractivity contribution in [2.45, 2.75) is 51.2 Å². The summed E-state index contributed by atoms with van der Waals surface area (Å²) in [6.45, 7) is 6.95. The zero-order valence-corrected chi connectivity index (χ0v) is 12.8. The van der Waals surface area contributed by atoms with Crippen LogP contribution in [0.4, 0.5) is 5.69 Å². The quantitative estimate of drug-likeness (QED) is 0.838. The predicted octanol–water partition coefficient (Wildman–Crippen LogP) is 2.80. The number of hydrogen-bond acceptors (Lipinski definition) is 3. The van der Waals surface area contributed by atoms with Crippen LogP contribution < -0.4 is 10.2 Å². The highest BCUT2D eigenvalue weighted by Gasteiger charge is 2.23. The Hall–Kier alpha value is -1.06. The Kier molecular flexibility index (Phi) is 5.44. The maximum Gasteiger partial charge on any atom is 0.0743 e. The van der Waals surface area contributed by atoms with Crippen molar-refractivity contribution in [3.05, 3.63) is 30.3 Å². The molecule has 1 unspecified atom stereocenters. The first-order chi connectivity index (χ1) is 9.61. The van der Waals surface area contributed by atoms with Crippen LogP contribution >= 0.6 is 0 Å². The number of benzene rings is 1. The second-order valence-corrected chi connectivity index (χ2v) is 6.22. The van der Waals surface area contributed by atoms with Crippen LogP contribution in [0.2, 0.25) is 0 Å². The molecule has 2 N–H and O–H groups in total. The molecular weight excluding hydrogens is 248 g/mol. The molecule has 112 valence electrons. The van der Waals surface area contributed by atoms with Gasteiger partial charge in [0.05, 0.1) is 5.60 Å². The van der Waals surface area contributed by atoms with Gasteiger partial charge >= 0.3 is 0 Å². The van der Waals surface area contributed by atoms with Gasteiger partial charge in [0.15, 0.2) is 0 Å². The Bertz CT molecular complexity index is 383. The summed E-state index contributed by atoms with van der Waals surface area (Å²) < 4.78 is 0. The molecule has 1 heterocycles. The molecule has 0 spiro atoms. The summed E-state index contributed by atoms with van der Waals surface area (Å²) in [7, 11) is 0. The molecule has 3 nitrogen and oxygen atoms in total. The molecule has 1 aromatic carbocycles. The van der Waals surface area contributed by atoms with Gasteiger partial charge in [-0.3, -0.25) is 0 Å². The van der Waals surface area contributed by atoms with Crippen molar-refractivity contribution >= 4 is 5.69 Å². The van der Waals surface area contributed by atoms with Crippen molar-refractivity contribution in [1.82, 2.24) is 5.32 Å². The predicted molar refractivity (Wildman–Crippen MR) is 85.2 cm³/mol. The van der Waals surface area contributed by atoms with E-state index in [2.05, 4.69) is 47.5 Å². The van der Waals surface area contributed by atoms with Crippen molar-refractivity contribution in [3.63, 3.8) is 0 Å². The molecule has 1 aromatic rings. The molecule has 0 aromatic heterocycles. The molecule has 3 heteroatoms. The number of hydrogen-bond donors (Lipinski definition) is 2. The Balaban J connectivity index is 1.75. The Labute approximate surface area is 123 Å². The largest absolute Gasteiger partial charge is 0.389 e. The Morgan fingerprint density at radius 1 is 1.25 bits per heavy atom. The average molecular weight is 276 g/mol. The van der Waals surface area contributed by atoms with Crippen molar-refractivity contribution in [1.29, 1.82) is 0 Å². The molecule has 0 amide bonds. The minimum absolute atomic E-state index is 0.540. The number of anilines is 1. The minimum atomic E-state index is -0.564. The molecule has 0 aliphatic carbocycles. The number of nitrogens with one attached hydrogen (secondary N) is 1. The van der Waals surface area contributed by atoms with Gasteiger partial charge in [-0.1, -0.05) is 31.5 Å². The van der Waals surface area contributed by atoms with Crippen LogP contribution in [0.25, 0.3) is 0 Å². The van der Waals surface area contributed by atoms with Gasteiger partial charge in [-0.15, -0.1) is 0 Å². The summed E-state index contributed by atoms with van der Waals surface area (Å²) >= 11 is 0. The fraction of sp³-hybridized carbons (Fsp3) is 0.647. The van der Waals surface area contributed by atoms with E-state index in [1.165, 1.54) is 5.69 Å². The summed E-state index contributed by atoms with van der Waals surface area (Å²) in [6, 6.07) is 11.2. The first-order valence-corrected chi connectivity index (χ1v) is 7.86. The molecular formula is C17H28N2O. The summed E-state index contributed by atoms with van der Waals surface area (Å²) in [6.07, 6.45) is 4.19. The van der Waals surface area contributed by atoms with Gasteiger partial charge in [0, 0.05) is 31.4 Å². The maximum absolute atomic E-state index is 10.2. The van der Waals surface area contributed by atoms with Crippen LogP contribution in [0, 0.1) is 0 Å². The van der Waals surface area contributed by atoms with E-state index in [9.17, 15) is 5.11 Å². The van der Waals surface area contributed by atoms with E-state index in [0.29, 0.717) is 12.6 Å². The van der Waals surface area contributed by atoms with E-state index in [-0.39, 0.29) is 0 Å². The van der Waals surface area contributed by atoms with E-state index >= 15 is 0 Å². The number of rotatable bonds is 6. The molecule has 2 rings (SSSR count). The van der Waals surface area contributed by atoms with Crippen molar-refractivity contribution in [2.24, 2.45) is 0 Å². The number of nitrogens with zero attached hydrogens (tertiary/aromatic N) is 1. The first kappa shape index (κ1) is 15.3. The summed E-state index contributed by atoms with van der Waals surface area (Å²) in [5, 5.41) is 13.7. The molecule has 1 atom stereocenters. The van der Waals surface area contributed by atoms with Crippen LogP contribution in [0.3, 0.4) is 0 Å². The third-order valence-corrected chi connectivity index (χ3v) is 4.18. The molecule has 1 saturated heterocycles. The lowest BCUT2D eigenvalue weighted by atomic mass is 9.98. The summed E-state index contributed by atoms with van der Waals surface area (Å²) in [5.74, 6) is 0. The normalized spacial score (nSPS) is 19.9. The molecule has 0 radical (unpaired) electrons. The SMILES string of the molecule is CCCC(C)(O)CNC1CCN(c2ccccc2)CC1. The molecule has 0 bridgehead atoms. The van der Waals surface area contributed by atoms with Crippen LogP contribution in [0.1, 0.15) is 39.5 Å². The maximum atomic E-state index is 10.2. The lowest BCUT2D eigenvalue weighted by molar-refractivity contribution is 0.0462. The fourth-order valence-electron chi connectivity index (χ4n) is 2.97. The second-order valence-electron chi connectivity index (χ2n) is 6.22. The van der Waals surface area contributed by atoms with Gasteiger partial charge in [0.25, 0.3) is 0 Å². The van der Waals surface area contributed by atoms with E-state index in [1.54, 1.807) is 0 Å². The van der Waals surface area contributed by atoms with E-state index in [0.717, 1.165) is 38.8 Å². The number of piperidine rings is 1. The highest BCUT2D eigenvalue weighted by Crippen LogP contribution is 2.20. The monoisotopic (exact) mass is 276 g/mol. The molecule has 20 heavy (non-hydrogen) atoms. The molecule has 1 aliphatic rings. The first-order valence-electron chi connectivity index (χ1n) is 7.86. The van der Waals surface area contributed by atoms with Crippen LogP contribution in [0.5, 0.6) is 0 Å². The van der Waals surface area contributed by atoms with Gasteiger partial charge in [-0.2, -0.15) is 0 Å². The highest BCUT2D eigenvalue weighted by atomic mass is 16.3. The number of para-hydroxylation sites is 1. The average Bonchev–Trinajstić information content (AvgIpc) is 2.47. The standard InChI is InChI=1S/C17H28N2O/c1-3-11-17(2,20)14-18-15-9-12-19(13-10-15)16-7-5-4-6-8-16/h4-8,15,18,20H,3,9-14H2,1-2H3. The van der Waals surface area contributed by atoms with E-state index in [1.807, 2.05) is 6.92 Å². The van der Waals surface area contributed by atoms with Crippen molar-refractivity contribution in [3.8, 4) is 0 Å². The van der Waals surface area contributed by atoms with Gasteiger partial charge in [0.1, 0.15) is 0 Å². The van der Waals surface area contributed by atoms with Gasteiger partial charge in [0.2, 0.25) is 0 Å². The summed E-state index contributed by atoms with van der Waals surface area (Å²) in [5.41, 5.74) is 0.759. The Morgan fingerprint density at radius 2 is 1.90 bits per heavy atom. The zero-order chi connectivity index (χ0) is 14.4. The van der Waals surface area contributed by atoms with Crippen LogP contribution in [-0.2, 0) is 0 Å². The van der Waals surface area contributed by atoms with E-state index in [4.69, 9.17) is 0 Å².